The molecule has 0 saturated carbocycles. The summed E-state index contributed by atoms with van der Waals surface area (Å²) in [5, 5.41) is 6.32. The van der Waals surface area contributed by atoms with E-state index in [2.05, 4.69) is 20.4 Å². The highest BCUT2D eigenvalue weighted by Crippen LogP contribution is 2.27. The maximum absolute atomic E-state index is 12.6. The first-order valence-corrected chi connectivity index (χ1v) is 9.41. The van der Waals surface area contributed by atoms with E-state index in [-0.39, 0.29) is 24.7 Å². The van der Waals surface area contributed by atoms with Gasteiger partial charge in [-0.15, -0.1) is 0 Å². The maximum Gasteiger partial charge on any atom is 0.387 e. The van der Waals surface area contributed by atoms with Crippen LogP contribution in [0.25, 0.3) is 0 Å². The normalized spacial score (nSPS) is 13.4. The van der Waals surface area contributed by atoms with Crippen LogP contribution in [-0.2, 0) is 17.8 Å². The van der Waals surface area contributed by atoms with Crippen molar-refractivity contribution >= 4 is 29.2 Å². The summed E-state index contributed by atoms with van der Waals surface area (Å²) in [6, 6.07) is 12.2. The van der Waals surface area contributed by atoms with Crippen molar-refractivity contribution in [2.24, 2.45) is 4.99 Å². The van der Waals surface area contributed by atoms with Gasteiger partial charge in [0, 0.05) is 36.4 Å². The Kier molecular flexibility index (Phi) is 6.87. The lowest BCUT2D eigenvalue weighted by atomic mass is 10.2. The predicted molar refractivity (Wildman–Crippen MR) is 109 cm³/mol. The van der Waals surface area contributed by atoms with E-state index in [0.29, 0.717) is 23.1 Å². The van der Waals surface area contributed by atoms with Crippen LogP contribution in [0.3, 0.4) is 0 Å². The van der Waals surface area contributed by atoms with Crippen molar-refractivity contribution in [1.82, 2.24) is 10.6 Å². The number of hydrogen-bond donors (Lipinski definition) is 2. The molecule has 2 N–H and O–H groups in total. The smallest absolute Gasteiger partial charge is 0.387 e. The van der Waals surface area contributed by atoms with Crippen LogP contribution >= 0.6 is 11.6 Å². The summed E-state index contributed by atoms with van der Waals surface area (Å²) in [4.78, 5) is 18.4. The lowest BCUT2D eigenvalue weighted by Gasteiger charge is -2.19. The zero-order valence-corrected chi connectivity index (χ0v) is 16.5. The number of carbonyl (C=O) groups excluding carboxylic acids is 1. The van der Waals surface area contributed by atoms with Gasteiger partial charge in [0.1, 0.15) is 5.75 Å². The fourth-order valence-electron chi connectivity index (χ4n) is 3.15. The van der Waals surface area contributed by atoms with Crippen molar-refractivity contribution in [3.63, 3.8) is 0 Å². The molecule has 0 fully saturated rings. The van der Waals surface area contributed by atoms with E-state index < -0.39 is 6.61 Å². The molecule has 0 atom stereocenters. The molecule has 2 aromatic rings. The van der Waals surface area contributed by atoms with Gasteiger partial charge in [0.05, 0.1) is 6.54 Å². The lowest BCUT2D eigenvalue weighted by molar-refractivity contribution is -0.117. The third kappa shape index (κ3) is 5.35. The van der Waals surface area contributed by atoms with E-state index in [1.807, 2.05) is 24.3 Å². The third-order valence-corrected chi connectivity index (χ3v) is 4.74. The van der Waals surface area contributed by atoms with Gasteiger partial charge >= 0.3 is 6.61 Å². The lowest BCUT2D eigenvalue weighted by Crippen LogP contribution is -2.44. The van der Waals surface area contributed by atoms with Gasteiger partial charge < -0.3 is 20.3 Å². The van der Waals surface area contributed by atoms with E-state index >= 15 is 0 Å². The average Bonchev–Trinajstić information content (AvgIpc) is 3.13. The highest BCUT2D eigenvalue weighted by molar-refractivity contribution is 6.30. The summed E-state index contributed by atoms with van der Waals surface area (Å²) in [5.74, 6) is 0.299. The highest BCUT2D eigenvalue weighted by atomic mass is 35.5. The zero-order valence-electron chi connectivity index (χ0n) is 15.8. The van der Waals surface area contributed by atoms with Gasteiger partial charge in [0.25, 0.3) is 0 Å². The molecule has 0 saturated heterocycles. The number of anilines is 1. The van der Waals surface area contributed by atoms with Gasteiger partial charge in [-0.25, -0.2) is 0 Å². The molecule has 1 aliphatic rings. The Labute approximate surface area is 172 Å². The molecule has 1 heterocycles. The van der Waals surface area contributed by atoms with Crippen molar-refractivity contribution in [2.45, 2.75) is 19.6 Å². The quantitative estimate of drug-likeness (QED) is 0.554. The first-order valence-electron chi connectivity index (χ1n) is 9.04. The number of ether oxygens (including phenoxy) is 1. The molecule has 0 aromatic heterocycles. The first kappa shape index (κ1) is 20.9. The Morgan fingerprint density at radius 3 is 2.83 bits per heavy atom. The summed E-state index contributed by atoms with van der Waals surface area (Å²) in [6.45, 7) is -2.11. The summed E-state index contributed by atoms with van der Waals surface area (Å²) in [5.41, 5.74) is 2.52. The molecule has 9 heteroatoms. The number of fused-ring (bicyclic) bond motifs is 1. The van der Waals surface area contributed by atoms with E-state index in [0.717, 1.165) is 17.7 Å². The Bertz CT molecular complexity index is 908. The second kappa shape index (κ2) is 9.56. The molecular formula is C20H21ClF2N4O2. The second-order valence-corrected chi connectivity index (χ2v) is 6.77. The van der Waals surface area contributed by atoms with Gasteiger partial charge in [-0.3, -0.25) is 9.79 Å². The van der Waals surface area contributed by atoms with E-state index in [9.17, 15) is 13.6 Å². The molecule has 0 spiro atoms. The number of alkyl halides is 2. The molecule has 0 radical (unpaired) electrons. The standard InChI is InChI=1S/C20H21ClF2N4O2/c1-24-20(25-11-14-10-15(21)6-7-17(14)29-19(22)23)26-12-18(28)27-9-8-13-4-2-3-5-16(13)27/h2-7,10,19H,8-9,11-12H2,1H3,(H2,24,25,26). The summed E-state index contributed by atoms with van der Waals surface area (Å²) in [6.07, 6.45) is 0.830. The average molecular weight is 423 g/mol. The van der Waals surface area contributed by atoms with Crippen molar-refractivity contribution in [1.29, 1.82) is 0 Å². The van der Waals surface area contributed by atoms with Crippen LogP contribution in [0.2, 0.25) is 5.02 Å². The van der Waals surface area contributed by atoms with Crippen molar-refractivity contribution in [3.8, 4) is 5.75 Å². The van der Waals surface area contributed by atoms with Crippen LogP contribution < -0.4 is 20.3 Å². The molecule has 3 rings (SSSR count). The number of rotatable bonds is 6. The number of hydrogen-bond acceptors (Lipinski definition) is 3. The monoisotopic (exact) mass is 422 g/mol. The Morgan fingerprint density at radius 1 is 1.28 bits per heavy atom. The molecule has 29 heavy (non-hydrogen) atoms. The van der Waals surface area contributed by atoms with Gasteiger partial charge in [0.2, 0.25) is 5.91 Å². The van der Waals surface area contributed by atoms with Crippen molar-refractivity contribution in [3.05, 3.63) is 58.6 Å². The number of benzene rings is 2. The van der Waals surface area contributed by atoms with Crippen LogP contribution in [0.4, 0.5) is 14.5 Å². The Balaban J connectivity index is 1.57. The van der Waals surface area contributed by atoms with E-state index in [1.54, 1.807) is 11.9 Å². The van der Waals surface area contributed by atoms with Crippen LogP contribution in [-0.4, -0.2) is 38.6 Å². The summed E-state index contributed by atoms with van der Waals surface area (Å²) in [7, 11) is 1.56. The third-order valence-electron chi connectivity index (χ3n) is 4.50. The van der Waals surface area contributed by atoms with Crippen molar-refractivity contribution < 1.29 is 18.3 Å². The van der Waals surface area contributed by atoms with Crippen LogP contribution in [0, 0.1) is 0 Å². The maximum atomic E-state index is 12.6. The topological polar surface area (TPSA) is 66.0 Å². The zero-order chi connectivity index (χ0) is 20.8. The highest BCUT2D eigenvalue weighted by Gasteiger charge is 2.23. The SMILES string of the molecule is CN=C(NCC(=O)N1CCc2ccccc21)NCc1cc(Cl)ccc1OC(F)F. The molecule has 6 nitrogen and oxygen atoms in total. The first-order chi connectivity index (χ1) is 14.0. The summed E-state index contributed by atoms with van der Waals surface area (Å²) < 4.78 is 29.7. The molecule has 1 amide bonds. The fourth-order valence-corrected chi connectivity index (χ4v) is 3.34. The van der Waals surface area contributed by atoms with Gasteiger partial charge in [-0.2, -0.15) is 8.78 Å². The summed E-state index contributed by atoms with van der Waals surface area (Å²) >= 11 is 5.95. The number of guanidine groups is 1. The number of aliphatic imine (C=N–C) groups is 1. The molecule has 2 aromatic carbocycles. The second-order valence-electron chi connectivity index (χ2n) is 6.33. The van der Waals surface area contributed by atoms with Gasteiger partial charge in [-0.05, 0) is 36.2 Å². The number of nitrogens with zero attached hydrogens (tertiary/aromatic N) is 2. The van der Waals surface area contributed by atoms with E-state index in [4.69, 9.17) is 11.6 Å². The predicted octanol–water partition coefficient (Wildman–Crippen LogP) is 3.20. The number of nitrogens with one attached hydrogen (secondary N) is 2. The molecule has 1 aliphatic heterocycles. The number of carbonyl (C=O) groups is 1. The molecule has 154 valence electrons. The number of para-hydroxylation sites is 1. The molecular weight excluding hydrogens is 402 g/mol. The van der Waals surface area contributed by atoms with E-state index in [1.165, 1.54) is 18.2 Å². The van der Waals surface area contributed by atoms with Gasteiger partial charge in [-0.1, -0.05) is 29.8 Å². The fraction of sp³-hybridized carbons (Fsp3) is 0.300. The minimum atomic E-state index is -2.94. The van der Waals surface area contributed by atoms with Crippen LogP contribution in [0.1, 0.15) is 11.1 Å². The Hall–Kier alpha value is -2.87. The molecule has 0 aliphatic carbocycles. The minimum absolute atomic E-state index is 0.0251. The number of halogens is 3. The Morgan fingerprint density at radius 2 is 2.07 bits per heavy atom. The van der Waals surface area contributed by atoms with Crippen LogP contribution in [0.15, 0.2) is 47.5 Å². The molecule has 0 bridgehead atoms. The van der Waals surface area contributed by atoms with Crippen LogP contribution in [0.5, 0.6) is 5.75 Å². The number of amides is 1. The largest absolute Gasteiger partial charge is 0.434 e. The van der Waals surface area contributed by atoms with Gasteiger partial charge in [0.15, 0.2) is 5.96 Å². The minimum Gasteiger partial charge on any atom is -0.434 e. The van der Waals surface area contributed by atoms with Crippen molar-refractivity contribution in [2.75, 3.05) is 25.0 Å². The molecule has 0 unspecified atom stereocenters.